The zero-order chi connectivity index (χ0) is 15.4. The molecule has 0 aromatic carbocycles. The Hall–Kier alpha value is -1.39. The highest BCUT2D eigenvalue weighted by Crippen LogP contribution is 2.22. The Balaban J connectivity index is 1.50. The Kier molecular flexibility index (Phi) is 5.11. The highest BCUT2D eigenvalue weighted by Gasteiger charge is 2.18. The number of piperazine rings is 1. The van der Waals surface area contributed by atoms with E-state index < -0.39 is 0 Å². The molecule has 0 spiro atoms. The van der Waals surface area contributed by atoms with Crippen molar-refractivity contribution in [1.82, 2.24) is 9.88 Å². The molecule has 1 aliphatic rings. The molecule has 2 aromatic rings. The van der Waals surface area contributed by atoms with Crippen LogP contribution in [-0.2, 0) is 13.0 Å². The summed E-state index contributed by atoms with van der Waals surface area (Å²) in [6, 6.07) is 8.80. The molecule has 1 fully saturated rings. The summed E-state index contributed by atoms with van der Waals surface area (Å²) in [5, 5.41) is 0. The SMILES string of the molecule is CC(C)Cc1ccc(CN2CCN(c3cccnc3)CC2)s1. The molecule has 3 heterocycles. The van der Waals surface area contributed by atoms with Crippen LogP contribution in [0, 0.1) is 5.92 Å². The topological polar surface area (TPSA) is 19.4 Å². The van der Waals surface area contributed by atoms with Gasteiger partial charge in [0.05, 0.1) is 11.9 Å². The smallest absolute Gasteiger partial charge is 0.0553 e. The van der Waals surface area contributed by atoms with Gasteiger partial charge in [0.15, 0.2) is 0 Å². The number of hydrogen-bond acceptors (Lipinski definition) is 4. The lowest BCUT2D eigenvalue weighted by Gasteiger charge is -2.35. The van der Waals surface area contributed by atoms with Crippen LogP contribution in [-0.4, -0.2) is 36.1 Å². The van der Waals surface area contributed by atoms with Gasteiger partial charge in [-0.25, -0.2) is 0 Å². The minimum Gasteiger partial charge on any atom is -0.368 e. The molecule has 0 unspecified atom stereocenters. The zero-order valence-electron chi connectivity index (χ0n) is 13.5. The van der Waals surface area contributed by atoms with Crippen molar-refractivity contribution < 1.29 is 0 Å². The Morgan fingerprint density at radius 1 is 1.09 bits per heavy atom. The van der Waals surface area contributed by atoms with Gasteiger partial charge in [-0.2, -0.15) is 0 Å². The Morgan fingerprint density at radius 3 is 2.55 bits per heavy atom. The van der Waals surface area contributed by atoms with Crippen molar-refractivity contribution >= 4 is 17.0 Å². The van der Waals surface area contributed by atoms with Crippen LogP contribution < -0.4 is 4.90 Å². The van der Waals surface area contributed by atoms with Crippen LogP contribution in [0.1, 0.15) is 23.6 Å². The fourth-order valence-electron chi connectivity index (χ4n) is 2.94. The molecular weight excluding hydrogens is 290 g/mol. The van der Waals surface area contributed by atoms with Crippen LogP contribution in [0.3, 0.4) is 0 Å². The van der Waals surface area contributed by atoms with E-state index in [0.717, 1.165) is 38.6 Å². The molecule has 22 heavy (non-hydrogen) atoms. The maximum Gasteiger partial charge on any atom is 0.0553 e. The maximum atomic E-state index is 4.22. The third-order valence-corrected chi connectivity index (χ3v) is 5.18. The Labute approximate surface area is 137 Å². The Morgan fingerprint density at radius 2 is 1.86 bits per heavy atom. The van der Waals surface area contributed by atoms with Crippen molar-refractivity contribution in [3.63, 3.8) is 0 Å². The molecule has 0 amide bonds. The van der Waals surface area contributed by atoms with Crippen LogP contribution in [0.4, 0.5) is 5.69 Å². The molecule has 3 rings (SSSR count). The van der Waals surface area contributed by atoms with E-state index >= 15 is 0 Å². The zero-order valence-corrected chi connectivity index (χ0v) is 14.4. The maximum absolute atomic E-state index is 4.22. The third-order valence-electron chi connectivity index (χ3n) is 4.09. The van der Waals surface area contributed by atoms with E-state index in [9.17, 15) is 0 Å². The fourth-order valence-corrected chi connectivity index (χ4v) is 4.22. The highest BCUT2D eigenvalue weighted by atomic mass is 32.1. The van der Waals surface area contributed by atoms with Gasteiger partial charge in [0.1, 0.15) is 0 Å². The first-order valence-corrected chi connectivity index (χ1v) is 8.97. The predicted molar refractivity (Wildman–Crippen MR) is 94.6 cm³/mol. The van der Waals surface area contributed by atoms with E-state index in [4.69, 9.17) is 0 Å². The summed E-state index contributed by atoms with van der Waals surface area (Å²) in [5.41, 5.74) is 1.25. The van der Waals surface area contributed by atoms with Gasteiger partial charge in [-0.15, -0.1) is 11.3 Å². The summed E-state index contributed by atoms with van der Waals surface area (Å²) in [7, 11) is 0. The number of pyridine rings is 1. The first-order chi connectivity index (χ1) is 10.7. The molecule has 0 N–H and O–H groups in total. The van der Waals surface area contributed by atoms with E-state index in [-0.39, 0.29) is 0 Å². The number of aromatic nitrogens is 1. The third kappa shape index (κ3) is 4.08. The van der Waals surface area contributed by atoms with Gasteiger partial charge in [-0.1, -0.05) is 13.8 Å². The van der Waals surface area contributed by atoms with Crippen molar-refractivity contribution in [3.8, 4) is 0 Å². The van der Waals surface area contributed by atoms with E-state index in [1.807, 2.05) is 29.8 Å². The predicted octanol–water partition coefficient (Wildman–Crippen LogP) is 3.66. The lowest BCUT2D eigenvalue weighted by molar-refractivity contribution is 0.252. The summed E-state index contributed by atoms with van der Waals surface area (Å²) in [6.07, 6.45) is 5.01. The molecule has 0 saturated carbocycles. The summed E-state index contributed by atoms with van der Waals surface area (Å²) < 4.78 is 0. The van der Waals surface area contributed by atoms with Gasteiger partial charge >= 0.3 is 0 Å². The van der Waals surface area contributed by atoms with Crippen LogP contribution in [0.15, 0.2) is 36.7 Å². The molecule has 0 atom stereocenters. The minimum atomic E-state index is 0.745. The Bertz CT molecular complexity index is 571. The molecule has 118 valence electrons. The average Bonchev–Trinajstić information content (AvgIpc) is 2.95. The molecule has 3 nitrogen and oxygen atoms in total. The normalized spacial score (nSPS) is 16.4. The van der Waals surface area contributed by atoms with Gasteiger partial charge in [0, 0.05) is 48.7 Å². The van der Waals surface area contributed by atoms with Gasteiger partial charge < -0.3 is 4.90 Å². The quantitative estimate of drug-likeness (QED) is 0.839. The number of thiophene rings is 1. The minimum absolute atomic E-state index is 0.745. The summed E-state index contributed by atoms with van der Waals surface area (Å²) in [5.74, 6) is 0.745. The van der Waals surface area contributed by atoms with Crippen molar-refractivity contribution in [3.05, 3.63) is 46.4 Å². The largest absolute Gasteiger partial charge is 0.368 e. The van der Waals surface area contributed by atoms with Gasteiger partial charge in [-0.05, 0) is 36.6 Å². The lowest BCUT2D eigenvalue weighted by atomic mass is 10.1. The van der Waals surface area contributed by atoms with Crippen molar-refractivity contribution in [2.45, 2.75) is 26.8 Å². The molecular formula is C18H25N3S. The fraction of sp³-hybridized carbons (Fsp3) is 0.500. The standard InChI is InChI=1S/C18H25N3S/c1-15(2)12-17-5-6-18(22-17)14-20-8-10-21(11-9-20)16-4-3-7-19-13-16/h3-7,13,15H,8-12,14H2,1-2H3. The van der Waals surface area contributed by atoms with Crippen LogP contribution in [0.25, 0.3) is 0 Å². The van der Waals surface area contributed by atoms with Gasteiger partial charge in [0.25, 0.3) is 0 Å². The van der Waals surface area contributed by atoms with E-state index in [1.165, 1.54) is 21.9 Å². The number of nitrogens with zero attached hydrogens (tertiary/aromatic N) is 3. The summed E-state index contributed by atoms with van der Waals surface area (Å²) in [6.45, 7) is 10.1. The van der Waals surface area contributed by atoms with Crippen molar-refractivity contribution in [2.75, 3.05) is 31.1 Å². The monoisotopic (exact) mass is 315 g/mol. The summed E-state index contributed by atoms with van der Waals surface area (Å²) >= 11 is 1.99. The van der Waals surface area contributed by atoms with Gasteiger partial charge in [-0.3, -0.25) is 9.88 Å². The number of rotatable bonds is 5. The van der Waals surface area contributed by atoms with E-state index in [2.05, 4.69) is 46.8 Å². The van der Waals surface area contributed by atoms with Crippen molar-refractivity contribution in [1.29, 1.82) is 0 Å². The highest BCUT2D eigenvalue weighted by molar-refractivity contribution is 7.11. The van der Waals surface area contributed by atoms with Crippen molar-refractivity contribution in [2.24, 2.45) is 5.92 Å². The van der Waals surface area contributed by atoms with Crippen LogP contribution >= 0.6 is 11.3 Å². The first-order valence-electron chi connectivity index (χ1n) is 8.15. The second-order valence-electron chi connectivity index (χ2n) is 6.44. The lowest BCUT2D eigenvalue weighted by Crippen LogP contribution is -2.45. The second-order valence-corrected chi connectivity index (χ2v) is 7.69. The van der Waals surface area contributed by atoms with E-state index in [0.29, 0.717) is 0 Å². The number of hydrogen-bond donors (Lipinski definition) is 0. The molecule has 4 heteroatoms. The molecule has 2 aromatic heterocycles. The molecule has 0 radical (unpaired) electrons. The second kappa shape index (κ2) is 7.25. The van der Waals surface area contributed by atoms with E-state index in [1.54, 1.807) is 0 Å². The first kappa shape index (κ1) is 15.5. The molecule has 1 aliphatic heterocycles. The average molecular weight is 315 g/mol. The number of anilines is 1. The molecule has 0 aliphatic carbocycles. The van der Waals surface area contributed by atoms with Crippen LogP contribution in [0.2, 0.25) is 0 Å². The van der Waals surface area contributed by atoms with Crippen LogP contribution in [0.5, 0.6) is 0 Å². The summed E-state index contributed by atoms with van der Waals surface area (Å²) in [4.78, 5) is 12.3. The molecule has 0 bridgehead atoms. The molecule has 1 saturated heterocycles. The van der Waals surface area contributed by atoms with Gasteiger partial charge in [0.2, 0.25) is 0 Å².